The summed E-state index contributed by atoms with van der Waals surface area (Å²) in [7, 11) is 0. The van der Waals surface area contributed by atoms with Crippen molar-refractivity contribution in [1.29, 1.82) is 0 Å². The van der Waals surface area contributed by atoms with Crippen LogP contribution >= 0.6 is 23.7 Å². The molecule has 5 heteroatoms. The van der Waals surface area contributed by atoms with Crippen molar-refractivity contribution in [2.45, 2.75) is 32.4 Å². The van der Waals surface area contributed by atoms with Crippen LogP contribution in [0.25, 0.3) is 0 Å². The smallest absolute Gasteiger partial charge is 0.239 e. The van der Waals surface area contributed by atoms with Gasteiger partial charge in [-0.3, -0.25) is 4.79 Å². The lowest BCUT2D eigenvalue weighted by Gasteiger charge is -2.34. The highest BCUT2D eigenvalue weighted by Gasteiger charge is 2.29. The molecule has 0 saturated heterocycles. The van der Waals surface area contributed by atoms with Crippen molar-refractivity contribution in [3.63, 3.8) is 0 Å². The first kappa shape index (κ1) is 13.5. The summed E-state index contributed by atoms with van der Waals surface area (Å²) in [4.78, 5) is 15.1. The third-order valence-electron chi connectivity index (χ3n) is 2.95. The zero-order valence-electron chi connectivity index (χ0n) is 9.47. The van der Waals surface area contributed by atoms with Gasteiger partial charge in [-0.15, -0.1) is 23.7 Å². The van der Waals surface area contributed by atoms with E-state index in [1.807, 2.05) is 4.90 Å². The summed E-state index contributed by atoms with van der Waals surface area (Å²) in [5.41, 5.74) is 6.93. The maximum Gasteiger partial charge on any atom is 0.239 e. The zero-order chi connectivity index (χ0) is 11.0. The molecule has 1 amide bonds. The molecule has 2 atom stereocenters. The van der Waals surface area contributed by atoms with Gasteiger partial charge in [-0.1, -0.05) is 0 Å². The molecule has 2 N–H and O–H groups in total. The molecule has 0 aromatic carbocycles. The Hall–Kier alpha value is -0.580. The number of hydrogen-bond acceptors (Lipinski definition) is 3. The van der Waals surface area contributed by atoms with Crippen molar-refractivity contribution in [2.24, 2.45) is 5.73 Å². The van der Waals surface area contributed by atoms with E-state index in [-0.39, 0.29) is 24.4 Å². The fraction of sp³-hybridized carbons (Fsp3) is 0.545. The lowest BCUT2D eigenvalue weighted by atomic mass is 10.0. The average Bonchev–Trinajstić information content (AvgIpc) is 2.66. The molecule has 0 bridgehead atoms. The molecule has 1 aliphatic rings. The number of nitrogens with two attached hydrogens (primary N) is 1. The van der Waals surface area contributed by atoms with E-state index in [1.54, 1.807) is 18.3 Å². The van der Waals surface area contributed by atoms with Crippen LogP contribution in [0.1, 0.15) is 30.3 Å². The number of hydrogen-bond donors (Lipinski definition) is 1. The molecule has 0 saturated carbocycles. The van der Waals surface area contributed by atoms with Gasteiger partial charge in [-0.2, -0.15) is 0 Å². The van der Waals surface area contributed by atoms with Gasteiger partial charge in [0.25, 0.3) is 0 Å². The fourth-order valence-corrected chi connectivity index (χ4v) is 3.03. The summed E-state index contributed by atoms with van der Waals surface area (Å²) in [6.45, 7) is 4.62. The topological polar surface area (TPSA) is 46.3 Å². The van der Waals surface area contributed by atoms with Crippen molar-refractivity contribution in [3.8, 4) is 0 Å². The van der Waals surface area contributed by atoms with E-state index in [2.05, 4.69) is 18.4 Å². The second-order valence-corrected chi connectivity index (χ2v) is 5.05. The fourth-order valence-electron chi connectivity index (χ4n) is 2.07. The van der Waals surface area contributed by atoms with Crippen LogP contribution in [-0.2, 0) is 11.2 Å². The van der Waals surface area contributed by atoms with Crippen molar-refractivity contribution >= 4 is 29.7 Å². The Kier molecular flexibility index (Phi) is 4.35. The van der Waals surface area contributed by atoms with Crippen LogP contribution in [0.15, 0.2) is 11.4 Å². The normalized spacial score (nSPS) is 20.9. The summed E-state index contributed by atoms with van der Waals surface area (Å²) in [6, 6.07) is 1.90. The standard InChI is InChI=1S/C11H16N2OS.ClH/c1-7(12)11(14)13-5-3-10-9(8(13)2)4-6-15-10;/h4,6-8H,3,5,12H2,1-2H3;1H/t7-,8?;/m1./s1. The third-order valence-corrected chi connectivity index (χ3v) is 3.95. The van der Waals surface area contributed by atoms with E-state index in [9.17, 15) is 4.79 Å². The molecule has 90 valence electrons. The Morgan fingerprint density at radius 2 is 2.38 bits per heavy atom. The molecule has 1 unspecified atom stereocenters. The van der Waals surface area contributed by atoms with Crippen LogP contribution < -0.4 is 5.73 Å². The Morgan fingerprint density at radius 1 is 1.69 bits per heavy atom. The molecule has 0 aliphatic carbocycles. The quantitative estimate of drug-likeness (QED) is 0.839. The van der Waals surface area contributed by atoms with Gasteiger partial charge in [0.05, 0.1) is 12.1 Å². The number of halogens is 1. The first-order valence-electron chi connectivity index (χ1n) is 5.23. The summed E-state index contributed by atoms with van der Waals surface area (Å²) >= 11 is 1.78. The van der Waals surface area contributed by atoms with Crippen molar-refractivity contribution in [1.82, 2.24) is 4.90 Å². The Labute approximate surface area is 106 Å². The average molecular weight is 261 g/mol. The second kappa shape index (κ2) is 5.17. The number of rotatable bonds is 1. The highest BCUT2D eigenvalue weighted by atomic mass is 35.5. The van der Waals surface area contributed by atoms with Gasteiger partial charge in [-0.05, 0) is 37.3 Å². The summed E-state index contributed by atoms with van der Waals surface area (Å²) in [6.07, 6.45) is 0.968. The Morgan fingerprint density at radius 3 is 3.00 bits per heavy atom. The minimum absolute atomic E-state index is 0. The van der Waals surface area contributed by atoms with Gasteiger partial charge in [-0.25, -0.2) is 0 Å². The molecule has 16 heavy (non-hydrogen) atoms. The van der Waals surface area contributed by atoms with E-state index in [4.69, 9.17) is 5.73 Å². The maximum absolute atomic E-state index is 11.8. The van der Waals surface area contributed by atoms with E-state index >= 15 is 0 Å². The minimum Gasteiger partial charge on any atom is -0.334 e. The van der Waals surface area contributed by atoms with E-state index < -0.39 is 6.04 Å². The predicted octanol–water partition coefficient (Wildman–Crippen LogP) is 1.96. The van der Waals surface area contributed by atoms with Crippen molar-refractivity contribution < 1.29 is 4.79 Å². The summed E-state index contributed by atoms with van der Waals surface area (Å²) in [5.74, 6) is 0.0550. The van der Waals surface area contributed by atoms with Gasteiger partial charge in [0.1, 0.15) is 0 Å². The maximum atomic E-state index is 11.8. The second-order valence-electron chi connectivity index (χ2n) is 4.05. The van der Waals surface area contributed by atoms with Crippen LogP contribution in [0.5, 0.6) is 0 Å². The van der Waals surface area contributed by atoms with Crippen molar-refractivity contribution in [2.75, 3.05) is 6.54 Å². The number of carbonyl (C=O) groups is 1. The van der Waals surface area contributed by atoms with Crippen LogP contribution in [0, 0.1) is 0 Å². The number of thiophene rings is 1. The predicted molar refractivity (Wildman–Crippen MR) is 69.0 cm³/mol. The van der Waals surface area contributed by atoms with Gasteiger partial charge in [0, 0.05) is 11.4 Å². The molecular formula is C11H17ClN2OS. The monoisotopic (exact) mass is 260 g/mol. The summed E-state index contributed by atoms with van der Waals surface area (Å²) < 4.78 is 0. The van der Waals surface area contributed by atoms with E-state index in [0.717, 1.165) is 13.0 Å². The van der Waals surface area contributed by atoms with Crippen molar-refractivity contribution in [3.05, 3.63) is 21.9 Å². The largest absolute Gasteiger partial charge is 0.334 e. The first-order valence-corrected chi connectivity index (χ1v) is 6.11. The first-order chi connectivity index (χ1) is 7.11. The van der Waals surface area contributed by atoms with E-state index in [0.29, 0.717) is 0 Å². The molecule has 3 nitrogen and oxygen atoms in total. The number of fused-ring (bicyclic) bond motifs is 1. The number of carbonyl (C=O) groups excluding carboxylic acids is 1. The van der Waals surface area contributed by atoms with Gasteiger partial charge in [0.15, 0.2) is 0 Å². The molecule has 2 heterocycles. The van der Waals surface area contributed by atoms with Gasteiger partial charge >= 0.3 is 0 Å². The highest BCUT2D eigenvalue weighted by molar-refractivity contribution is 7.10. The highest BCUT2D eigenvalue weighted by Crippen LogP contribution is 2.32. The van der Waals surface area contributed by atoms with Crippen LogP contribution in [0.4, 0.5) is 0 Å². The Balaban J connectivity index is 0.00000128. The number of nitrogens with zero attached hydrogens (tertiary/aromatic N) is 1. The molecule has 2 rings (SSSR count). The molecule has 1 aromatic rings. The molecule has 0 fully saturated rings. The lowest BCUT2D eigenvalue weighted by molar-refractivity contribution is -0.134. The molecule has 1 aliphatic heterocycles. The van der Waals surface area contributed by atoms with Crippen LogP contribution in [0.3, 0.4) is 0 Å². The van der Waals surface area contributed by atoms with Gasteiger partial charge in [0.2, 0.25) is 5.91 Å². The molecule has 1 aromatic heterocycles. The van der Waals surface area contributed by atoms with Gasteiger partial charge < -0.3 is 10.6 Å². The molecule has 0 spiro atoms. The summed E-state index contributed by atoms with van der Waals surface area (Å²) in [5, 5.41) is 2.10. The SMILES string of the molecule is CC1c2ccsc2CCN1C(=O)[C@@H](C)N.Cl. The minimum atomic E-state index is -0.396. The van der Waals surface area contributed by atoms with Crippen LogP contribution in [0.2, 0.25) is 0 Å². The van der Waals surface area contributed by atoms with E-state index in [1.165, 1.54) is 10.4 Å². The Bertz CT molecular complexity index is 378. The lowest BCUT2D eigenvalue weighted by Crippen LogP contribution is -2.45. The molecular weight excluding hydrogens is 244 g/mol. The zero-order valence-corrected chi connectivity index (χ0v) is 11.1. The third kappa shape index (κ3) is 2.24. The number of amides is 1. The van der Waals surface area contributed by atoms with Crippen LogP contribution in [-0.4, -0.2) is 23.4 Å². The molecule has 0 radical (unpaired) electrons.